The maximum absolute atomic E-state index is 3.96. The Morgan fingerprint density at radius 1 is 1.20 bits per heavy atom. The van der Waals surface area contributed by atoms with Gasteiger partial charge in [-0.3, -0.25) is 0 Å². The Balaban J connectivity index is 2.56. The molecule has 0 aliphatic heterocycles. The van der Waals surface area contributed by atoms with Crippen LogP contribution >= 0.6 is 0 Å². The van der Waals surface area contributed by atoms with Crippen molar-refractivity contribution in [3.05, 3.63) is 42.5 Å². The fraction of sp³-hybridized carbons (Fsp3) is 0.429. The molecule has 0 aliphatic rings. The first-order valence-electron chi connectivity index (χ1n) is 5.72. The Labute approximate surface area is 95.0 Å². The van der Waals surface area contributed by atoms with Crippen LogP contribution in [-0.4, -0.2) is 8.07 Å². The lowest BCUT2D eigenvalue weighted by Crippen LogP contribution is -2.40. The second-order valence-electron chi connectivity index (χ2n) is 5.06. The fourth-order valence-corrected chi connectivity index (χ4v) is 4.31. The highest BCUT2D eigenvalue weighted by Crippen LogP contribution is 2.15. The van der Waals surface area contributed by atoms with Crippen LogP contribution in [0.3, 0.4) is 0 Å². The summed E-state index contributed by atoms with van der Waals surface area (Å²) in [5.41, 5.74) is 1.31. The summed E-state index contributed by atoms with van der Waals surface area (Å²) >= 11 is 0. The topological polar surface area (TPSA) is 0 Å². The molecule has 82 valence electrons. The number of rotatable bonds is 5. The van der Waals surface area contributed by atoms with Crippen molar-refractivity contribution < 1.29 is 0 Å². The van der Waals surface area contributed by atoms with Gasteiger partial charge >= 0.3 is 0 Å². The third kappa shape index (κ3) is 4.04. The summed E-state index contributed by atoms with van der Waals surface area (Å²) in [6.45, 7) is 11.0. The van der Waals surface area contributed by atoms with Crippen LogP contribution in [0.25, 0.3) is 0 Å². The molecule has 0 amide bonds. The lowest BCUT2D eigenvalue weighted by molar-refractivity contribution is 0.893. The van der Waals surface area contributed by atoms with Crippen molar-refractivity contribution in [2.24, 2.45) is 0 Å². The fourth-order valence-electron chi connectivity index (χ4n) is 1.87. The maximum atomic E-state index is 3.96. The zero-order valence-electron chi connectivity index (χ0n) is 10.2. The maximum Gasteiger partial charge on any atom is 0.0806 e. The van der Waals surface area contributed by atoms with Crippen LogP contribution in [0.1, 0.15) is 19.8 Å². The smallest absolute Gasteiger partial charge is 0.0806 e. The standard InChI is InChI=1S/C14H22Si/c1-13(2)9-8-12-15(3,4)14-10-6-5-7-11-14/h5-7,10-11H,1,8-9,12H2,2-4H3. The molecule has 0 saturated carbocycles. The van der Waals surface area contributed by atoms with E-state index in [-0.39, 0.29) is 0 Å². The summed E-state index contributed by atoms with van der Waals surface area (Å²) in [4.78, 5) is 0. The highest BCUT2D eigenvalue weighted by atomic mass is 28.3. The van der Waals surface area contributed by atoms with E-state index < -0.39 is 8.07 Å². The molecule has 0 bridgehead atoms. The Morgan fingerprint density at radius 2 is 1.80 bits per heavy atom. The number of benzene rings is 1. The van der Waals surface area contributed by atoms with Crippen molar-refractivity contribution in [3.8, 4) is 0 Å². The third-order valence-electron chi connectivity index (χ3n) is 2.96. The van der Waals surface area contributed by atoms with E-state index in [1.165, 1.54) is 24.5 Å². The largest absolute Gasteiger partial charge is 0.100 e. The minimum Gasteiger partial charge on any atom is -0.100 e. The molecule has 0 aliphatic carbocycles. The van der Waals surface area contributed by atoms with Crippen molar-refractivity contribution in [1.82, 2.24) is 0 Å². The van der Waals surface area contributed by atoms with Crippen LogP contribution in [0.2, 0.25) is 19.1 Å². The molecule has 0 saturated heterocycles. The van der Waals surface area contributed by atoms with E-state index in [1.54, 1.807) is 5.19 Å². The Morgan fingerprint density at radius 3 is 2.33 bits per heavy atom. The summed E-state index contributed by atoms with van der Waals surface area (Å²) in [5, 5.41) is 1.58. The van der Waals surface area contributed by atoms with Gasteiger partial charge < -0.3 is 0 Å². The summed E-state index contributed by atoms with van der Waals surface area (Å²) < 4.78 is 0. The SMILES string of the molecule is C=C(C)CCC[Si](C)(C)c1ccccc1. The van der Waals surface area contributed by atoms with Crippen molar-refractivity contribution in [2.45, 2.75) is 38.9 Å². The highest BCUT2D eigenvalue weighted by molar-refractivity contribution is 6.89. The summed E-state index contributed by atoms with van der Waals surface area (Å²) in [5.74, 6) is 0. The molecular formula is C14H22Si. The first kappa shape index (κ1) is 12.2. The Hall–Kier alpha value is -0.823. The molecule has 1 aromatic rings. The minimum absolute atomic E-state index is 1.18. The monoisotopic (exact) mass is 218 g/mol. The summed E-state index contributed by atoms with van der Waals surface area (Å²) in [6.07, 6.45) is 2.48. The third-order valence-corrected chi connectivity index (χ3v) is 6.46. The van der Waals surface area contributed by atoms with E-state index in [9.17, 15) is 0 Å². The number of hydrogen-bond acceptors (Lipinski definition) is 0. The second kappa shape index (κ2) is 5.31. The Kier molecular flexibility index (Phi) is 4.34. The van der Waals surface area contributed by atoms with Gasteiger partial charge in [0.05, 0.1) is 8.07 Å². The molecular weight excluding hydrogens is 196 g/mol. The van der Waals surface area contributed by atoms with E-state index >= 15 is 0 Å². The lowest BCUT2D eigenvalue weighted by atomic mass is 10.2. The first-order chi connectivity index (χ1) is 7.02. The van der Waals surface area contributed by atoms with Crippen LogP contribution in [0.5, 0.6) is 0 Å². The minimum atomic E-state index is -1.19. The van der Waals surface area contributed by atoms with Gasteiger partial charge in [0.1, 0.15) is 0 Å². The van der Waals surface area contributed by atoms with Gasteiger partial charge in [0.2, 0.25) is 0 Å². The average Bonchev–Trinajstić information content (AvgIpc) is 2.18. The van der Waals surface area contributed by atoms with Gasteiger partial charge in [-0.1, -0.05) is 66.7 Å². The first-order valence-corrected chi connectivity index (χ1v) is 8.93. The van der Waals surface area contributed by atoms with Gasteiger partial charge in [-0.15, -0.1) is 6.58 Å². The van der Waals surface area contributed by atoms with Gasteiger partial charge in [0, 0.05) is 0 Å². The van der Waals surface area contributed by atoms with E-state index in [2.05, 4.69) is 56.9 Å². The van der Waals surface area contributed by atoms with Crippen molar-refractivity contribution in [1.29, 1.82) is 0 Å². The number of hydrogen-bond donors (Lipinski definition) is 0. The van der Waals surface area contributed by atoms with Gasteiger partial charge in [0.25, 0.3) is 0 Å². The molecule has 0 radical (unpaired) electrons. The molecule has 0 fully saturated rings. The second-order valence-corrected chi connectivity index (χ2v) is 9.91. The van der Waals surface area contributed by atoms with E-state index in [0.29, 0.717) is 0 Å². The zero-order valence-corrected chi connectivity index (χ0v) is 11.2. The predicted molar refractivity (Wildman–Crippen MR) is 72.4 cm³/mol. The molecule has 0 nitrogen and oxygen atoms in total. The molecule has 1 heteroatoms. The molecule has 0 unspecified atom stereocenters. The van der Waals surface area contributed by atoms with Crippen molar-refractivity contribution in [3.63, 3.8) is 0 Å². The molecule has 0 atom stereocenters. The molecule has 1 rings (SSSR count). The zero-order chi connectivity index (χ0) is 11.3. The molecule has 0 N–H and O–H groups in total. The van der Waals surface area contributed by atoms with Crippen molar-refractivity contribution in [2.75, 3.05) is 0 Å². The molecule has 0 spiro atoms. The normalized spacial score (nSPS) is 11.4. The van der Waals surface area contributed by atoms with Crippen LogP contribution in [0.15, 0.2) is 42.5 Å². The van der Waals surface area contributed by atoms with Crippen LogP contribution in [0.4, 0.5) is 0 Å². The average molecular weight is 218 g/mol. The van der Waals surface area contributed by atoms with Crippen LogP contribution in [0, 0.1) is 0 Å². The van der Waals surface area contributed by atoms with Gasteiger partial charge in [-0.2, -0.15) is 0 Å². The number of allylic oxidation sites excluding steroid dienone is 1. The van der Waals surface area contributed by atoms with Crippen molar-refractivity contribution >= 4 is 13.3 Å². The highest BCUT2D eigenvalue weighted by Gasteiger charge is 2.21. The van der Waals surface area contributed by atoms with E-state index in [1.807, 2.05) is 0 Å². The van der Waals surface area contributed by atoms with Crippen LogP contribution < -0.4 is 5.19 Å². The molecule has 0 heterocycles. The van der Waals surface area contributed by atoms with Gasteiger partial charge in [0.15, 0.2) is 0 Å². The molecule has 1 aromatic carbocycles. The van der Waals surface area contributed by atoms with Gasteiger partial charge in [-0.05, 0) is 13.3 Å². The molecule has 0 aromatic heterocycles. The molecule has 15 heavy (non-hydrogen) atoms. The quantitative estimate of drug-likeness (QED) is 0.518. The predicted octanol–water partition coefficient (Wildman–Crippen LogP) is 3.96. The van der Waals surface area contributed by atoms with E-state index in [4.69, 9.17) is 0 Å². The summed E-state index contributed by atoms with van der Waals surface area (Å²) in [6, 6.07) is 12.3. The Bertz CT molecular complexity index is 311. The summed E-state index contributed by atoms with van der Waals surface area (Å²) in [7, 11) is -1.19. The van der Waals surface area contributed by atoms with Gasteiger partial charge in [-0.25, -0.2) is 0 Å². The lowest BCUT2D eigenvalue weighted by Gasteiger charge is -2.22. The van der Waals surface area contributed by atoms with E-state index in [0.717, 1.165) is 0 Å². The van der Waals surface area contributed by atoms with Crippen LogP contribution in [-0.2, 0) is 0 Å².